The second-order valence-electron chi connectivity index (χ2n) is 7.58. The summed E-state index contributed by atoms with van der Waals surface area (Å²) in [5.74, 6) is 2.62. The van der Waals surface area contributed by atoms with Gasteiger partial charge in [0.05, 0.1) is 19.9 Å². The largest absolute Gasteiger partial charge is 0.497 e. The Morgan fingerprint density at radius 2 is 2.00 bits per heavy atom. The van der Waals surface area contributed by atoms with Crippen LogP contribution in [0.25, 0.3) is 0 Å². The summed E-state index contributed by atoms with van der Waals surface area (Å²) in [5, 5.41) is 8.30. The zero-order valence-corrected chi connectivity index (χ0v) is 19.2. The quantitative estimate of drug-likeness (QED) is 0.670. The number of hydrogen-bond acceptors (Lipinski definition) is 6. The van der Waals surface area contributed by atoms with Crippen LogP contribution >= 0.6 is 12.2 Å². The number of nitrogens with one attached hydrogen (secondary N) is 1. The molecule has 8 heteroatoms. The van der Waals surface area contributed by atoms with Crippen LogP contribution in [0.15, 0.2) is 22.7 Å². The number of aryl methyl sites for hydroxylation is 2. The van der Waals surface area contributed by atoms with E-state index in [-0.39, 0.29) is 0 Å². The summed E-state index contributed by atoms with van der Waals surface area (Å²) in [6.07, 6.45) is 1.89. The lowest BCUT2D eigenvalue weighted by atomic mass is 10.1. The van der Waals surface area contributed by atoms with Gasteiger partial charge in [-0.1, -0.05) is 5.16 Å². The third-order valence-corrected chi connectivity index (χ3v) is 6.00. The molecule has 2 aromatic rings. The van der Waals surface area contributed by atoms with Gasteiger partial charge < -0.3 is 24.2 Å². The van der Waals surface area contributed by atoms with Crippen molar-refractivity contribution >= 4 is 17.3 Å². The highest BCUT2D eigenvalue weighted by molar-refractivity contribution is 7.80. The standard InChI is InChI=1S/C22H32N4O3S/c1-16-20(17(2)29-24-16)15-25-10-5-11-26(13-12-25)22(30)23-9-8-18-14-19(27-3)6-7-21(18)28-4/h6-7,14H,5,8-13,15H2,1-4H3,(H,23,30). The average Bonchev–Trinajstić information content (AvgIpc) is 2.94. The molecule has 0 unspecified atom stereocenters. The van der Waals surface area contributed by atoms with Crippen molar-refractivity contribution < 1.29 is 14.0 Å². The first-order valence-electron chi connectivity index (χ1n) is 10.4. The van der Waals surface area contributed by atoms with E-state index in [1.807, 2.05) is 32.0 Å². The van der Waals surface area contributed by atoms with E-state index in [4.69, 9.17) is 26.2 Å². The highest BCUT2D eigenvalue weighted by Crippen LogP contribution is 2.24. The predicted molar refractivity (Wildman–Crippen MR) is 121 cm³/mol. The van der Waals surface area contributed by atoms with Crippen LogP contribution in [-0.2, 0) is 13.0 Å². The fraction of sp³-hybridized carbons (Fsp3) is 0.545. The fourth-order valence-corrected chi connectivity index (χ4v) is 4.06. The zero-order valence-electron chi connectivity index (χ0n) is 18.4. The Bertz CT molecular complexity index is 835. The lowest BCUT2D eigenvalue weighted by molar-refractivity contribution is 0.275. The summed E-state index contributed by atoms with van der Waals surface area (Å²) in [4.78, 5) is 4.72. The van der Waals surface area contributed by atoms with E-state index in [1.165, 1.54) is 5.56 Å². The van der Waals surface area contributed by atoms with Crippen LogP contribution in [-0.4, -0.2) is 67.0 Å². The molecule has 7 nitrogen and oxygen atoms in total. The summed E-state index contributed by atoms with van der Waals surface area (Å²) >= 11 is 5.67. The minimum atomic E-state index is 0.752. The molecule has 2 heterocycles. The van der Waals surface area contributed by atoms with Gasteiger partial charge in [0.25, 0.3) is 0 Å². The monoisotopic (exact) mass is 432 g/mol. The van der Waals surface area contributed by atoms with Crippen LogP contribution in [0.3, 0.4) is 0 Å². The Morgan fingerprint density at radius 1 is 1.17 bits per heavy atom. The molecule has 0 saturated carbocycles. The molecule has 0 atom stereocenters. The highest BCUT2D eigenvalue weighted by atomic mass is 32.1. The summed E-state index contributed by atoms with van der Waals surface area (Å²) < 4.78 is 16.1. The summed E-state index contributed by atoms with van der Waals surface area (Å²) in [7, 11) is 3.36. The molecule has 1 N–H and O–H groups in total. The molecule has 0 radical (unpaired) electrons. The highest BCUT2D eigenvalue weighted by Gasteiger charge is 2.19. The predicted octanol–water partition coefficient (Wildman–Crippen LogP) is 2.93. The minimum absolute atomic E-state index is 0.752. The lowest BCUT2D eigenvalue weighted by Crippen LogP contribution is -2.42. The average molecular weight is 433 g/mol. The first-order chi connectivity index (χ1) is 14.5. The molecule has 3 rings (SSSR count). The lowest BCUT2D eigenvalue weighted by Gasteiger charge is -2.25. The number of benzene rings is 1. The van der Waals surface area contributed by atoms with Gasteiger partial charge in [-0.2, -0.15) is 0 Å². The maximum absolute atomic E-state index is 5.67. The second-order valence-corrected chi connectivity index (χ2v) is 7.97. The van der Waals surface area contributed by atoms with Crippen molar-refractivity contribution in [3.63, 3.8) is 0 Å². The summed E-state index contributed by atoms with van der Waals surface area (Å²) in [6, 6.07) is 5.86. The number of thiocarbonyl (C=S) groups is 1. The number of aromatic nitrogens is 1. The van der Waals surface area contributed by atoms with Crippen LogP contribution in [0.4, 0.5) is 0 Å². The van der Waals surface area contributed by atoms with Gasteiger partial charge >= 0.3 is 0 Å². The number of ether oxygens (including phenoxy) is 2. The molecule has 0 amide bonds. The maximum atomic E-state index is 5.67. The normalized spacial score (nSPS) is 15.0. The van der Waals surface area contributed by atoms with E-state index >= 15 is 0 Å². The van der Waals surface area contributed by atoms with Gasteiger partial charge in [0, 0.05) is 44.8 Å². The Morgan fingerprint density at radius 3 is 2.70 bits per heavy atom. The molecule has 1 fully saturated rings. The molecule has 1 saturated heterocycles. The first-order valence-corrected chi connectivity index (χ1v) is 10.8. The molecule has 0 spiro atoms. The summed E-state index contributed by atoms with van der Waals surface area (Å²) in [5.41, 5.74) is 3.30. The van der Waals surface area contributed by atoms with E-state index in [2.05, 4.69) is 20.3 Å². The maximum Gasteiger partial charge on any atom is 0.168 e. The Hall–Kier alpha value is -2.32. The van der Waals surface area contributed by atoms with Gasteiger partial charge in [0.2, 0.25) is 0 Å². The molecule has 1 aliphatic rings. The molecule has 1 aliphatic heterocycles. The van der Waals surface area contributed by atoms with Crippen molar-refractivity contribution in [3.8, 4) is 11.5 Å². The van der Waals surface area contributed by atoms with Crippen molar-refractivity contribution in [2.24, 2.45) is 0 Å². The topological polar surface area (TPSA) is 63.0 Å². The van der Waals surface area contributed by atoms with Crippen molar-refractivity contribution in [1.29, 1.82) is 0 Å². The van der Waals surface area contributed by atoms with Gasteiger partial charge in [0.1, 0.15) is 17.3 Å². The van der Waals surface area contributed by atoms with Gasteiger partial charge in [0.15, 0.2) is 5.11 Å². The number of methoxy groups -OCH3 is 2. The summed E-state index contributed by atoms with van der Waals surface area (Å²) in [6.45, 7) is 9.51. The number of nitrogens with zero attached hydrogens (tertiary/aromatic N) is 3. The van der Waals surface area contributed by atoms with Crippen LogP contribution in [0.1, 0.15) is 29.0 Å². The SMILES string of the molecule is COc1ccc(OC)c(CCNC(=S)N2CCCN(Cc3c(C)noc3C)CC2)c1. The van der Waals surface area contributed by atoms with Crippen LogP contribution < -0.4 is 14.8 Å². The van der Waals surface area contributed by atoms with Crippen LogP contribution in [0, 0.1) is 13.8 Å². The van der Waals surface area contributed by atoms with Gasteiger partial charge in [-0.25, -0.2) is 0 Å². The third kappa shape index (κ3) is 5.64. The van der Waals surface area contributed by atoms with E-state index in [1.54, 1.807) is 14.2 Å². The van der Waals surface area contributed by atoms with Crippen molar-refractivity contribution in [1.82, 2.24) is 20.3 Å². The van der Waals surface area contributed by atoms with E-state index in [0.717, 1.165) is 85.7 Å². The number of hydrogen-bond donors (Lipinski definition) is 1. The fourth-order valence-electron chi connectivity index (χ4n) is 3.78. The molecule has 164 valence electrons. The first kappa shape index (κ1) is 22.4. The molecule has 1 aromatic carbocycles. The number of rotatable bonds is 7. The molecule has 0 aliphatic carbocycles. The minimum Gasteiger partial charge on any atom is -0.497 e. The van der Waals surface area contributed by atoms with Gasteiger partial charge in [-0.3, -0.25) is 4.90 Å². The zero-order chi connectivity index (χ0) is 21.5. The Labute approximate surface area is 184 Å². The molecular formula is C22H32N4O3S. The smallest absolute Gasteiger partial charge is 0.168 e. The van der Waals surface area contributed by atoms with Gasteiger partial charge in [-0.05, 0) is 62.7 Å². The Kier molecular flexibility index (Phi) is 7.93. The molecule has 1 aromatic heterocycles. The van der Waals surface area contributed by atoms with Crippen molar-refractivity contribution in [2.45, 2.75) is 33.2 Å². The van der Waals surface area contributed by atoms with Gasteiger partial charge in [-0.15, -0.1) is 0 Å². The van der Waals surface area contributed by atoms with E-state index in [9.17, 15) is 0 Å². The molecule has 30 heavy (non-hydrogen) atoms. The Balaban J connectivity index is 1.48. The van der Waals surface area contributed by atoms with Crippen LogP contribution in [0.5, 0.6) is 11.5 Å². The van der Waals surface area contributed by atoms with Crippen molar-refractivity contribution in [2.75, 3.05) is 46.9 Å². The molecular weight excluding hydrogens is 400 g/mol. The third-order valence-electron chi connectivity index (χ3n) is 5.60. The second kappa shape index (κ2) is 10.6. The van der Waals surface area contributed by atoms with E-state index < -0.39 is 0 Å². The molecule has 0 bridgehead atoms. The van der Waals surface area contributed by atoms with Crippen LogP contribution in [0.2, 0.25) is 0 Å². The van der Waals surface area contributed by atoms with E-state index in [0.29, 0.717) is 0 Å². The van der Waals surface area contributed by atoms with Crippen molar-refractivity contribution in [3.05, 3.63) is 40.8 Å².